The molecule has 0 bridgehead atoms. The van der Waals surface area contributed by atoms with Crippen LogP contribution in [0.15, 0.2) is 164 Å². The van der Waals surface area contributed by atoms with Crippen molar-refractivity contribution in [1.29, 1.82) is 0 Å². The van der Waals surface area contributed by atoms with Crippen LogP contribution in [0.1, 0.15) is 25.0 Å². The zero-order valence-electron chi connectivity index (χ0n) is 28.4. The van der Waals surface area contributed by atoms with Gasteiger partial charge < -0.3 is 0 Å². The quantitative estimate of drug-likeness (QED) is 0.190. The fraction of sp³-hybridized carbons (Fsp3) is 0.0625. The van der Waals surface area contributed by atoms with E-state index in [1.807, 2.05) is 0 Å². The zero-order chi connectivity index (χ0) is 34.1. The van der Waals surface area contributed by atoms with Crippen molar-refractivity contribution in [2.45, 2.75) is 19.3 Å². The lowest BCUT2D eigenvalue weighted by Crippen LogP contribution is -2.14. The minimum atomic E-state index is -0.116. The van der Waals surface area contributed by atoms with Crippen molar-refractivity contribution in [2.75, 3.05) is 0 Å². The molecule has 0 amide bonds. The van der Waals surface area contributed by atoms with Gasteiger partial charge in [-0.3, -0.25) is 0 Å². The Balaban J connectivity index is 1.30. The van der Waals surface area contributed by atoms with Gasteiger partial charge in [-0.15, -0.1) is 0 Å². The van der Waals surface area contributed by atoms with Gasteiger partial charge in [-0.2, -0.15) is 0 Å². The molecule has 1 aromatic heterocycles. The van der Waals surface area contributed by atoms with Crippen LogP contribution in [0.2, 0.25) is 0 Å². The summed E-state index contributed by atoms with van der Waals surface area (Å²) in [7, 11) is 0. The summed E-state index contributed by atoms with van der Waals surface area (Å²) in [5.41, 5.74) is 10.4. The van der Waals surface area contributed by atoms with Gasteiger partial charge in [-0.1, -0.05) is 166 Å². The lowest BCUT2D eigenvalue weighted by Gasteiger charge is -2.22. The Labute approximate surface area is 297 Å². The molecule has 8 aromatic carbocycles. The van der Waals surface area contributed by atoms with Crippen molar-refractivity contribution in [3.63, 3.8) is 0 Å². The molecule has 0 unspecified atom stereocenters. The van der Waals surface area contributed by atoms with E-state index in [2.05, 4.69) is 178 Å². The van der Waals surface area contributed by atoms with Crippen molar-refractivity contribution in [1.82, 2.24) is 15.0 Å². The lowest BCUT2D eigenvalue weighted by atomic mass is 9.81. The number of nitrogens with zero attached hydrogens (tertiary/aromatic N) is 3. The Kier molecular flexibility index (Phi) is 6.53. The van der Waals surface area contributed by atoms with Crippen LogP contribution >= 0.6 is 0 Å². The Hall–Kier alpha value is -6.45. The van der Waals surface area contributed by atoms with Gasteiger partial charge in [0.25, 0.3) is 0 Å². The molecule has 9 aromatic rings. The summed E-state index contributed by atoms with van der Waals surface area (Å²) in [6.07, 6.45) is 0. The van der Waals surface area contributed by atoms with Gasteiger partial charge in [-0.05, 0) is 77.8 Å². The van der Waals surface area contributed by atoms with Crippen molar-refractivity contribution < 1.29 is 0 Å². The Morgan fingerprint density at radius 1 is 0.333 bits per heavy atom. The monoisotopic (exact) mass is 651 g/mol. The highest BCUT2D eigenvalue weighted by Gasteiger charge is 2.37. The zero-order valence-corrected chi connectivity index (χ0v) is 28.4. The Morgan fingerprint density at radius 3 is 1.37 bits per heavy atom. The molecule has 1 aliphatic rings. The highest BCUT2D eigenvalue weighted by atomic mass is 15.0. The summed E-state index contributed by atoms with van der Waals surface area (Å²) in [5.74, 6) is 1.96. The second-order valence-corrected chi connectivity index (χ2v) is 14.0. The maximum Gasteiger partial charge on any atom is 0.164 e. The molecule has 0 spiro atoms. The van der Waals surface area contributed by atoms with Crippen LogP contribution in [0, 0.1) is 0 Å². The Bertz CT molecular complexity index is 2740. The van der Waals surface area contributed by atoms with E-state index in [0.717, 1.165) is 49.2 Å². The molecule has 0 atom stereocenters. The van der Waals surface area contributed by atoms with Gasteiger partial charge in [0.05, 0.1) is 0 Å². The Morgan fingerprint density at radius 2 is 0.745 bits per heavy atom. The molecular weight excluding hydrogens is 619 g/mol. The molecule has 0 saturated heterocycles. The van der Waals surface area contributed by atoms with Gasteiger partial charge in [0.2, 0.25) is 0 Å². The first-order valence-electron chi connectivity index (χ1n) is 17.5. The molecule has 1 heterocycles. The molecule has 0 fully saturated rings. The van der Waals surface area contributed by atoms with Gasteiger partial charge in [-0.25, -0.2) is 15.0 Å². The fourth-order valence-electron chi connectivity index (χ4n) is 8.21. The van der Waals surface area contributed by atoms with Gasteiger partial charge >= 0.3 is 0 Å². The van der Waals surface area contributed by atoms with Gasteiger partial charge in [0.1, 0.15) is 0 Å². The molecule has 1 aliphatic carbocycles. The van der Waals surface area contributed by atoms with Crippen LogP contribution in [0.5, 0.6) is 0 Å². The summed E-state index contributed by atoms with van der Waals surface area (Å²) in [5, 5.41) is 6.84. The number of rotatable bonds is 4. The molecule has 0 saturated carbocycles. The predicted octanol–water partition coefficient (Wildman–Crippen LogP) is 12.3. The van der Waals surface area contributed by atoms with Crippen LogP contribution in [0.3, 0.4) is 0 Å². The van der Waals surface area contributed by atoms with Gasteiger partial charge in [0.15, 0.2) is 17.5 Å². The third kappa shape index (κ3) is 4.62. The minimum Gasteiger partial charge on any atom is -0.208 e. The summed E-state index contributed by atoms with van der Waals surface area (Å²) in [6.45, 7) is 4.67. The second kappa shape index (κ2) is 11.3. The van der Waals surface area contributed by atoms with Crippen LogP contribution in [0.25, 0.3) is 88.7 Å². The van der Waals surface area contributed by atoms with Crippen molar-refractivity contribution in [3.05, 3.63) is 175 Å². The van der Waals surface area contributed by atoms with Crippen LogP contribution in [-0.4, -0.2) is 15.0 Å². The minimum absolute atomic E-state index is 0.116. The second-order valence-electron chi connectivity index (χ2n) is 14.0. The van der Waals surface area contributed by atoms with E-state index < -0.39 is 0 Å². The first-order valence-corrected chi connectivity index (χ1v) is 17.5. The van der Waals surface area contributed by atoms with Gasteiger partial charge in [0, 0.05) is 22.1 Å². The standard InChI is InChI=1S/C48H33N3/c1-48(2)42-26-10-9-22-39(42)44-36(23-13-27-43(44)48)40-28-32-16-3-4-17-33(32)29-41(40)47-50-45(37-24-11-18-30-14-5-7-20-34(30)37)49-46(51-47)38-25-12-19-31-15-6-8-21-35(31)38/h3-29H,1-2H3. The number of hydrogen-bond donors (Lipinski definition) is 0. The van der Waals surface area contributed by atoms with Crippen molar-refractivity contribution in [3.8, 4) is 56.4 Å². The molecule has 0 aliphatic heterocycles. The van der Waals surface area contributed by atoms with E-state index >= 15 is 0 Å². The number of benzene rings is 8. The molecule has 3 nitrogen and oxygen atoms in total. The average Bonchev–Trinajstić information content (AvgIpc) is 3.43. The van der Waals surface area contributed by atoms with Crippen LogP contribution in [-0.2, 0) is 5.41 Å². The smallest absolute Gasteiger partial charge is 0.164 e. The molecule has 3 heteroatoms. The maximum atomic E-state index is 5.37. The summed E-state index contributed by atoms with van der Waals surface area (Å²) in [6, 6.07) is 58.4. The number of hydrogen-bond acceptors (Lipinski definition) is 3. The maximum absolute atomic E-state index is 5.37. The molecule has 0 radical (unpaired) electrons. The third-order valence-electron chi connectivity index (χ3n) is 10.7. The molecule has 240 valence electrons. The van der Waals surface area contributed by atoms with E-state index in [9.17, 15) is 0 Å². The molecular formula is C48H33N3. The lowest BCUT2D eigenvalue weighted by molar-refractivity contribution is 0.660. The molecule has 0 N–H and O–H groups in total. The van der Waals surface area contributed by atoms with E-state index in [4.69, 9.17) is 15.0 Å². The summed E-state index contributed by atoms with van der Waals surface area (Å²) >= 11 is 0. The van der Waals surface area contributed by atoms with Crippen molar-refractivity contribution >= 4 is 32.3 Å². The fourth-order valence-corrected chi connectivity index (χ4v) is 8.21. The number of fused-ring (bicyclic) bond motifs is 6. The molecule has 10 rings (SSSR count). The van der Waals surface area contributed by atoms with E-state index in [1.165, 1.54) is 33.2 Å². The first-order chi connectivity index (χ1) is 25.0. The number of aromatic nitrogens is 3. The first kappa shape index (κ1) is 29.5. The highest BCUT2D eigenvalue weighted by Crippen LogP contribution is 2.53. The third-order valence-corrected chi connectivity index (χ3v) is 10.7. The SMILES string of the molecule is CC1(C)c2ccccc2-c2c(-c3cc4ccccc4cc3-c3nc(-c4cccc5ccccc45)nc(-c4cccc5ccccc45)n3)cccc21. The van der Waals surface area contributed by atoms with E-state index in [1.54, 1.807) is 0 Å². The highest BCUT2D eigenvalue weighted by molar-refractivity contribution is 6.02. The summed E-state index contributed by atoms with van der Waals surface area (Å²) < 4.78 is 0. The predicted molar refractivity (Wildman–Crippen MR) is 212 cm³/mol. The van der Waals surface area contributed by atoms with E-state index in [-0.39, 0.29) is 5.41 Å². The normalized spacial score (nSPS) is 13.1. The average molecular weight is 652 g/mol. The van der Waals surface area contributed by atoms with Crippen molar-refractivity contribution in [2.24, 2.45) is 0 Å². The van der Waals surface area contributed by atoms with Crippen LogP contribution in [0.4, 0.5) is 0 Å². The largest absolute Gasteiger partial charge is 0.208 e. The molecule has 51 heavy (non-hydrogen) atoms. The van der Waals surface area contributed by atoms with E-state index in [0.29, 0.717) is 17.5 Å². The topological polar surface area (TPSA) is 38.7 Å². The summed E-state index contributed by atoms with van der Waals surface area (Å²) in [4.78, 5) is 16.0. The van der Waals surface area contributed by atoms with Crippen LogP contribution < -0.4 is 0 Å².